The number of aliphatic hydroxyl groups is 2. The van der Waals surface area contributed by atoms with E-state index in [2.05, 4.69) is 0 Å². The lowest BCUT2D eigenvalue weighted by atomic mass is 9.99. The molecule has 3 aromatic carbocycles. The van der Waals surface area contributed by atoms with Gasteiger partial charge < -0.3 is 59.4 Å². The number of allylic oxidation sites excluding steroid dienone is 1. The normalized spacial score (nSPS) is 20.8. The Balaban J connectivity index is 1.52. The molecule has 1 aliphatic heterocycles. The average molecular weight is 669 g/mol. The summed E-state index contributed by atoms with van der Waals surface area (Å²) in [5.74, 6) is -5.21. The predicted molar refractivity (Wildman–Crippen MR) is 164 cm³/mol. The van der Waals surface area contributed by atoms with E-state index in [4.69, 9.17) is 23.7 Å². The maximum atomic E-state index is 12.7. The van der Waals surface area contributed by atoms with E-state index in [-0.39, 0.29) is 22.8 Å². The van der Waals surface area contributed by atoms with Crippen molar-refractivity contribution in [2.75, 3.05) is 13.7 Å². The molecule has 15 heteroatoms. The van der Waals surface area contributed by atoms with Crippen molar-refractivity contribution in [2.45, 2.75) is 37.6 Å². The Morgan fingerprint density at radius 3 is 2.08 bits per heavy atom. The second kappa shape index (κ2) is 15.2. The lowest BCUT2D eigenvalue weighted by molar-refractivity contribution is -0.282. The van der Waals surface area contributed by atoms with Gasteiger partial charge in [-0.25, -0.2) is 4.79 Å². The van der Waals surface area contributed by atoms with E-state index in [1.54, 1.807) is 0 Å². The van der Waals surface area contributed by atoms with Crippen molar-refractivity contribution in [1.29, 1.82) is 0 Å². The van der Waals surface area contributed by atoms with Crippen LogP contribution in [0.3, 0.4) is 0 Å². The van der Waals surface area contributed by atoms with Crippen molar-refractivity contribution in [2.24, 2.45) is 0 Å². The van der Waals surface area contributed by atoms with Gasteiger partial charge >= 0.3 is 11.9 Å². The molecule has 0 aromatic heterocycles. The molecule has 0 bridgehead atoms. The Morgan fingerprint density at radius 1 is 0.792 bits per heavy atom. The molecule has 0 aliphatic carbocycles. The lowest BCUT2D eigenvalue weighted by Crippen LogP contribution is -2.61. The van der Waals surface area contributed by atoms with Crippen molar-refractivity contribution >= 4 is 29.9 Å². The smallest absolute Gasteiger partial charge is 0.331 e. The standard InChI is InChI=1S/C33H32O15/c1-16(34)45-15-26-30(42)31(43)32(48-27(39)12-6-18-4-9-21(36)22(37)13-18)33(47-26)46-24-10-5-17(14-23(24)38)3-8-20(35)19-7-11-25(44-2)29(41)28(19)40/h3-14,26,30-33,36-38,40-43H,15H2,1-2H3. The fourth-order valence-electron chi connectivity index (χ4n) is 4.49. The highest BCUT2D eigenvalue weighted by molar-refractivity contribution is 6.09. The van der Waals surface area contributed by atoms with Crippen molar-refractivity contribution in [3.05, 3.63) is 77.4 Å². The number of aromatic hydroxyl groups is 5. The van der Waals surface area contributed by atoms with Crippen LogP contribution in [0.15, 0.2) is 60.7 Å². The Morgan fingerprint density at radius 2 is 1.44 bits per heavy atom. The summed E-state index contributed by atoms with van der Waals surface area (Å²) in [5.41, 5.74) is 0.409. The zero-order valence-corrected chi connectivity index (χ0v) is 25.4. The van der Waals surface area contributed by atoms with E-state index in [1.807, 2.05) is 0 Å². The maximum Gasteiger partial charge on any atom is 0.331 e. The fraction of sp³-hybridized carbons (Fsp3) is 0.242. The highest BCUT2D eigenvalue weighted by Crippen LogP contribution is 2.38. The topological polar surface area (TPSA) is 239 Å². The van der Waals surface area contributed by atoms with E-state index in [0.717, 1.165) is 19.1 Å². The van der Waals surface area contributed by atoms with Gasteiger partial charge in [-0.15, -0.1) is 0 Å². The molecule has 3 aromatic rings. The molecule has 0 saturated carbocycles. The van der Waals surface area contributed by atoms with Crippen molar-refractivity contribution in [3.8, 4) is 40.2 Å². The van der Waals surface area contributed by atoms with E-state index >= 15 is 0 Å². The minimum atomic E-state index is -1.82. The van der Waals surface area contributed by atoms with E-state index in [1.165, 1.54) is 67.8 Å². The van der Waals surface area contributed by atoms with Crippen LogP contribution < -0.4 is 9.47 Å². The largest absolute Gasteiger partial charge is 0.504 e. The van der Waals surface area contributed by atoms with E-state index in [9.17, 15) is 50.1 Å². The second-order valence-electron chi connectivity index (χ2n) is 10.4. The van der Waals surface area contributed by atoms with Crippen LogP contribution in [-0.2, 0) is 23.8 Å². The molecular formula is C33H32O15. The molecule has 5 unspecified atom stereocenters. The Bertz CT molecular complexity index is 1730. The maximum absolute atomic E-state index is 12.7. The number of esters is 2. The van der Waals surface area contributed by atoms with Crippen LogP contribution in [0.25, 0.3) is 12.2 Å². The number of hydrogen-bond donors (Lipinski definition) is 7. The van der Waals surface area contributed by atoms with Crippen LogP contribution >= 0.6 is 0 Å². The fourth-order valence-corrected chi connectivity index (χ4v) is 4.49. The average Bonchev–Trinajstić information content (AvgIpc) is 3.05. The van der Waals surface area contributed by atoms with Crippen LogP contribution in [0.4, 0.5) is 0 Å². The molecule has 7 N–H and O–H groups in total. The Hall–Kier alpha value is -5.77. The number of rotatable bonds is 11. The van der Waals surface area contributed by atoms with Gasteiger partial charge in [-0.3, -0.25) is 9.59 Å². The first-order valence-electron chi connectivity index (χ1n) is 14.2. The number of aliphatic hydroxyl groups excluding tert-OH is 2. The molecule has 1 saturated heterocycles. The number of benzene rings is 3. The number of phenols is 5. The molecule has 0 spiro atoms. The summed E-state index contributed by atoms with van der Waals surface area (Å²) in [4.78, 5) is 36.7. The third-order valence-electron chi connectivity index (χ3n) is 7.01. The van der Waals surface area contributed by atoms with Gasteiger partial charge in [0, 0.05) is 13.0 Å². The quantitative estimate of drug-likeness (QED) is 0.0670. The van der Waals surface area contributed by atoms with Gasteiger partial charge in [0.25, 0.3) is 0 Å². The van der Waals surface area contributed by atoms with Gasteiger partial charge in [-0.1, -0.05) is 18.2 Å². The van der Waals surface area contributed by atoms with Gasteiger partial charge in [0.2, 0.25) is 12.0 Å². The summed E-state index contributed by atoms with van der Waals surface area (Å²) < 4.78 is 26.5. The number of hydrogen-bond acceptors (Lipinski definition) is 15. The summed E-state index contributed by atoms with van der Waals surface area (Å²) in [6, 6.07) is 10.2. The molecule has 254 valence electrons. The number of carbonyl (C=O) groups is 3. The Labute approximate surface area is 272 Å². The number of methoxy groups -OCH3 is 1. The summed E-state index contributed by atoms with van der Waals surface area (Å²) in [7, 11) is 1.28. The van der Waals surface area contributed by atoms with Crippen molar-refractivity contribution in [1.82, 2.24) is 0 Å². The minimum absolute atomic E-state index is 0.0288. The third-order valence-corrected chi connectivity index (χ3v) is 7.01. The molecule has 5 atom stereocenters. The van der Waals surface area contributed by atoms with Gasteiger partial charge in [0.05, 0.1) is 12.7 Å². The summed E-state index contributed by atoms with van der Waals surface area (Å²) >= 11 is 0. The zero-order chi connectivity index (χ0) is 35.1. The van der Waals surface area contributed by atoms with Crippen LogP contribution in [0.5, 0.6) is 40.2 Å². The van der Waals surface area contributed by atoms with Crippen molar-refractivity contribution in [3.63, 3.8) is 0 Å². The first-order valence-corrected chi connectivity index (χ1v) is 14.2. The van der Waals surface area contributed by atoms with Crippen LogP contribution in [0.2, 0.25) is 0 Å². The van der Waals surface area contributed by atoms with E-state index in [0.29, 0.717) is 11.1 Å². The molecule has 1 fully saturated rings. The third kappa shape index (κ3) is 8.33. The molecule has 0 radical (unpaired) electrons. The minimum Gasteiger partial charge on any atom is -0.504 e. The SMILES string of the molecule is COc1ccc(C(=O)C=Cc2ccc(OC3OC(COC(C)=O)C(O)C(O)C3OC(=O)C=Cc3ccc(O)c(O)c3)c(O)c2)c(O)c1O. The van der Waals surface area contributed by atoms with Gasteiger partial charge in [-0.2, -0.15) is 0 Å². The monoisotopic (exact) mass is 668 g/mol. The summed E-state index contributed by atoms with van der Waals surface area (Å²) in [6.07, 6.45) is -3.60. The first-order chi connectivity index (χ1) is 22.8. The highest BCUT2D eigenvalue weighted by atomic mass is 16.7. The molecule has 1 aliphatic rings. The molecule has 4 rings (SSSR count). The highest BCUT2D eigenvalue weighted by Gasteiger charge is 2.48. The molecule has 15 nitrogen and oxygen atoms in total. The Kier molecular flexibility index (Phi) is 11.1. The van der Waals surface area contributed by atoms with Crippen LogP contribution in [0.1, 0.15) is 28.4 Å². The predicted octanol–water partition coefficient (Wildman–Crippen LogP) is 2.13. The van der Waals surface area contributed by atoms with Gasteiger partial charge in [0.15, 0.2) is 46.4 Å². The number of phenolic OH excluding ortho intramolecular Hbond substituents is 5. The van der Waals surface area contributed by atoms with Crippen LogP contribution in [-0.4, -0.2) is 97.9 Å². The molecular weight excluding hydrogens is 636 g/mol. The molecule has 1 heterocycles. The lowest BCUT2D eigenvalue weighted by Gasteiger charge is -2.41. The summed E-state index contributed by atoms with van der Waals surface area (Å²) in [6.45, 7) is 0.624. The van der Waals surface area contributed by atoms with Crippen molar-refractivity contribution < 1.29 is 73.8 Å². The number of ketones is 1. The first kappa shape index (κ1) is 35.1. The molecule has 0 amide bonds. The molecule has 48 heavy (non-hydrogen) atoms. The van der Waals surface area contributed by atoms with Gasteiger partial charge in [0.1, 0.15) is 24.9 Å². The zero-order valence-electron chi connectivity index (χ0n) is 25.4. The summed E-state index contributed by atoms with van der Waals surface area (Å²) in [5, 5.41) is 71.4. The number of ether oxygens (including phenoxy) is 5. The van der Waals surface area contributed by atoms with E-state index < -0.39 is 78.0 Å². The van der Waals surface area contributed by atoms with Gasteiger partial charge in [-0.05, 0) is 59.7 Å². The number of carbonyl (C=O) groups excluding carboxylic acids is 3. The van der Waals surface area contributed by atoms with Crippen LogP contribution in [0, 0.1) is 0 Å². The second-order valence-corrected chi connectivity index (χ2v) is 10.4.